The Morgan fingerprint density at radius 1 is 1.00 bits per heavy atom. The number of nitrogens with zero attached hydrogens (tertiary/aromatic N) is 3. The highest BCUT2D eigenvalue weighted by Crippen LogP contribution is 2.24. The fourth-order valence-electron chi connectivity index (χ4n) is 3.65. The zero-order valence-corrected chi connectivity index (χ0v) is 18.0. The van der Waals surface area contributed by atoms with E-state index in [9.17, 15) is 9.59 Å². The Morgan fingerprint density at radius 3 is 2.58 bits per heavy atom. The van der Waals surface area contributed by atoms with Gasteiger partial charge in [-0.3, -0.25) is 9.36 Å². The highest BCUT2D eigenvalue weighted by molar-refractivity contribution is 5.82. The van der Waals surface area contributed by atoms with E-state index in [2.05, 4.69) is 15.1 Å². The highest BCUT2D eigenvalue weighted by atomic mass is 16.5. The normalized spacial score (nSPS) is 11.1. The predicted molar refractivity (Wildman–Crippen MR) is 124 cm³/mol. The summed E-state index contributed by atoms with van der Waals surface area (Å²) in [5.41, 5.74) is 2.89. The van der Waals surface area contributed by atoms with Crippen LogP contribution in [0.25, 0.3) is 33.7 Å². The molecule has 33 heavy (non-hydrogen) atoms. The Labute approximate surface area is 188 Å². The van der Waals surface area contributed by atoms with Crippen molar-refractivity contribution in [3.8, 4) is 28.6 Å². The minimum Gasteiger partial charge on any atom is -0.497 e. The first-order valence-electron chi connectivity index (χ1n) is 10.3. The molecule has 0 aliphatic rings. The minimum atomic E-state index is -0.502. The summed E-state index contributed by atoms with van der Waals surface area (Å²) < 4.78 is 11.8. The smallest absolute Gasteiger partial charge is 0.329 e. The zero-order chi connectivity index (χ0) is 22.9. The van der Waals surface area contributed by atoms with E-state index in [1.165, 1.54) is 4.57 Å². The second kappa shape index (κ2) is 8.23. The predicted octanol–water partition coefficient (Wildman–Crippen LogP) is 3.77. The van der Waals surface area contributed by atoms with Gasteiger partial charge in [-0.25, -0.2) is 4.79 Å². The minimum absolute atomic E-state index is 0.132. The Bertz CT molecular complexity index is 1580. The molecule has 8 heteroatoms. The van der Waals surface area contributed by atoms with E-state index in [1.807, 2.05) is 43.3 Å². The summed E-state index contributed by atoms with van der Waals surface area (Å²) in [5, 5.41) is 4.44. The molecule has 0 aliphatic heterocycles. The van der Waals surface area contributed by atoms with Crippen LogP contribution in [0.3, 0.4) is 0 Å². The van der Waals surface area contributed by atoms with Crippen molar-refractivity contribution in [2.45, 2.75) is 13.5 Å². The average Bonchev–Trinajstić information content (AvgIpc) is 3.32. The van der Waals surface area contributed by atoms with Crippen LogP contribution in [0.1, 0.15) is 11.1 Å². The van der Waals surface area contributed by atoms with Gasteiger partial charge in [-0.2, -0.15) is 4.98 Å². The number of aromatic amines is 1. The number of H-pyrrole nitrogens is 1. The second-order valence-corrected chi connectivity index (χ2v) is 7.72. The topological polar surface area (TPSA) is 103 Å². The van der Waals surface area contributed by atoms with Gasteiger partial charge in [0, 0.05) is 11.1 Å². The molecule has 2 aromatic heterocycles. The third kappa shape index (κ3) is 3.94. The third-order valence-electron chi connectivity index (χ3n) is 5.44. The van der Waals surface area contributed by atoms with Crippen molar-refractivity contribution in [2.24, 2.45) is 0 Å². The number of nitrogens with one attached hydrogen (secondary N) is 1. The maximum absolute atomic E-state index is 13.0. The molecule has 0 bridgehead atoms. The Kier molecular flexibility index (Phi) is 5.10. The SMILES string of the molecule is COc1cccc(Cn2c(=O)[nH]c3cc(-c4nc(-c5ccc(C)cc5)no4)ccc3c2=O)c1. The van der Waals surface area contributed by atoms with Crippen molar-refractivity contribution in [3.63, 3.8) is 0 Å². The summed E-state index contributed by atoms with van der Waals surface area (Å²) in [6.45, 7) is 2.14. The maximum Gasteiger partial charge on any atom is 0.329 e. The monoisotopic (exact) mass is 440 g/mol. The van der Waals surface area contributed by atoms with Crippen LogP contribution in [0.2, 0.25) is 0 Å². The van der Waals surface area contributed by atoms with Gasteiger partial charge in [0.15, 0.2) is 0 Å². The number of hydrogen-bond acceptors (Lipinski definition) is 6. The number of ether oxygens (including phenoxy) is 1. The van der Waals surface area contributed by atoms with Crippen LogP contribution in [0.15, 0.2) is 80.8 Å². The van der Waals surface area contributed by atoms with E-state index >= 15 is 0 Å². The lowest BCUT2D eigenvalue weighted by Crippen LogP contribution is -2.35. The number of aromatic nitrogens is 4. The molecule has 0 saturated carbocycles. The molecular weight excluding hydrogens is 420 g/mol. The Balaban J connectivity index is 1.50. The molecule has 0 fully saturated rings. The third-order valence-corrected chi connectivity index (χ3v) is 5.44. The van der Waals surface area contributed by atoms with Crippen molar-refractivity contribution in [1.29, 1.82) is 0 Å². The molecule has 1 N–H and O–H groups in total. The maximum atomic E-state index is 13.0. The lowest BCUT2D eigenvalue weighted by molar-refractivity contribution is 0.414. The molecule has 3 aromatic carbocycles. The van der Waals surface area contributed by atoms with Gasteiger partial charge in [0.1, 0.15) is 5.75 Å². The highest BCUT2D eigenvalue weighted by Gasteiger charge is 2.14. The van der Waals surface area contributed by atoms with Gasteiger partial charge in [-0.1, -0.05) is 47.1 Å². The van der Waals surface area contributed by atoms with Gasteiger partial charge in [-0.15, -0.1) is 0 Å². The second-order valence-electron chi connectivity index (χ2n) is 7.72. The van der Waals surface area contributed by atoms with Crippen LogP contribution in [0.4, 0.5) is 0 Å². The van der Waals surface area contributed by atoms with E-state index in [0.29, 0.717) is 33.9 Å². The number of methoxy groups -OCH3 is 1. The van der Waals surface area contributed by atoms with Gasteiger partial charge >= 0.3 is 5.69 Å². The molecule has 2 heterocycles. The van der Waals surface area contributed by atoms with E-state index in [0.717, 1.165) is 16.7 Å². The van der Waals surface area contributed by atoms with Crippen LogP contribution in [-0.2, 0) is 6.54 Å². The fraction of sp³-hybridized carbons (Fsp3) is 0.120. The summed E-state index contributed by atoms with van der Waals surface area (Å²) in [6, 6.07) is 20.1. The first kappa shape index (κ1) is 20.4. The van der Waals surface area contributed by atoms with Crippen LogP contribution >= 0.6 is 0 Å². The lowest BCUT2D eigenvalue weighted by atomic mass is 10.1. The van der Waals surface area contributed by atoms with Crippen LogP contribution < -0.4 is 16.0 Å². The molecule has 0 saturated heterocycles. The molecule has 0 unspecified atom stereocenters. The van der Waals surface area contributed by atoms with Crippen LogP contribution in [0.5, 0.6) is 5.75 Å². The zero-order valence-electron chi connectivity index (χ0n) is 18.0. The van der Waals surface area contributed by atoms with Crippen LogP contribution in [-0.4, -0.2) is 26.8 Å². The average molecular weight is 440 g/mol. The number of hydrogen-bond donors (Lipinski definition) is 1. The molecule has 0 atom stereocenters. The molecule has 0 aliphatic carbocycles. The summed E-state index contributed by atoms with van der Waals surface area (Å²) in [6.07, 6.45) is 0. The Hall–Kier alpha value is -4.46. The largest absolute Gasteiger partial charge is 0.497 e. The first-order valence-corrected chi connectivity index (χ1v) is 10.3. The van der Waals surface area contributed by atoms with Crippen molar-refractivity contribution < 1.29 is 9.26 Å². The van der Waals surface area contributed by atoms with Crippen molar-refractivity contribution >= 4 is 10.9 Å². The van der Waals surface area contributed by atoms with E-state index in [4.69, 9.17) is 9.26 Å². The molecule has 8 nitrogen and oxygen atoms in total. The van der Waals surface area contributed by atoms with Gasteiger partial charge in [0.2, 0.25) is 5.82 Å². The molecule has 0 radical (unpaired) electrons. The van der Waals surface area contributed by atoms with Gasteiger partial charge in [0.05, 0.1) is 24.6 Å². The van der Waals surface area contributed by atoms with Crippen molar-refractivity contribution in [3.05, 3.63) is 98.7 Å². The first-order chi connectivity index (χ1) is 16.0. The van der Waals surface area contributed by atoms with Gasteiger partial charge < -0.3 is 14.2 Å². The van der Waals surface area contributed by atoms with Crippen LogP contribution in [0, 0.1) is 6.92 Å². The lowest BCUT2D eigenvalue weighted by Gasteiger charge is -2.08. The van der Waals surface area contributed by atoms with E-state index in [1.54, 1.807) is 37.4 Å². The molecule has 5 aromatic rings. The Morgan fingerprint density at radius 2 is 1.79 bits per heavy atom. The van der Waals surface area contributed by atoms with E-state index < -0.39 is 5.69 Å². The fourth-order valence-corrected chi connectivity index (χ4v) is 3.65. The molecule has 0 spiro atoms. The van der Waals surface area contributed by atoms with Gasteiger partial charge in [-0.05, 0) is 42.8 Å². The summed E-state index contributed by atoms with van der Waals surface area (Å²) in [4.78, 5) is 33.0. The quantitative estimate of drug-likeness (QED) is 0.446. The summed E-state index contributed by atoms with van der Waals surface area (Å²) >= 11 is 0. The molecule has 164 valence electrons. The summed E-state index contributed by atoms with van der Waals surface area (Å²) in [7, 11) is 1.57. The number of aryl methyl sites for hydroxylation is 1. The summed E-state index contributed by atoms with van der Waals surface area (Å²) in [5.74, 6) is 1.42. The number of benzene rings is 3. The standard InChI is InChI=1S/C25H20N4O4/c1-15-6-8-17(9-7-15)22-27-23(33-28-22)18-10-11-20-21(13-18)26-25(31)29(24(20)30)14-16-4-3-5-19(12-16)32-2/h3-13H,14H2,1-2H3,(H,26,31). The van der Waals surface area contributed by atoms with Gasteiger partial charge in [0.25, 0.3) is 11.4 Å². The number of rotatable bonds is 5. The van der Waals surface area contributed by atoms with E-state index in [-0.39, 0.29) is 12.1 Å². The number of fused-ring (bicyclic) bond motifs is 1. The van der Waals surface area contributed by atoms with Crippen molar-refractivity contribution in [1.82, 2.24) is 19.7 Å². The molecule has 5 rings (SSSR count). The molecule has 0 amide bonds. The van der Waals surface area contributed by atoms with Crippen molar-refractivity contribution in [2.75, 3.05) is 7.11 Å². The molecular formula is C25H20N4O4.